The number of aryl methyl sites for hydroxylation is 1. The Hall–Kier alpha value is -3.80. The summed E-state index contributed by atoms with van der Waals surface area (Å²) in [6.07, 6.45) is 1.67. The summed E-state index contributed by atoms with van der Waals surface area (Å²) < 4.78 is 56.1. The number of nitrogens with zero attached hydrogens (tertiary/aromatic N) is 4. The molecule has 4 aromatic rings. The number of hydrogen-bond acceptors (Lipinski definition) is 6. The highest BCUT2D eigenvalue weighted by molar-refractivity contribution is 6.30. The molecule has 0 unspecified atom stereocenters. The van der Waals surface area contributed by atoms with Gasteiger partial charge in [0.2, 0.25) is 0 Å². The van der Waals surface area contributed by atoms with Gasteiger partial charge in [0, 0.05) is 31.2 Å². The smallest absolute Gasteiger partial charge is 0.380 e. The number of H-pyrrole nitrogens is 1. The van der Waals surface area contributed by atoms with E-state index in [-0.39, 0.29) is 23.3 Å². The summed E-state index contributed by atoms with van der Waals surface area (Å²) in [5.41, 5.74) is -3.34. The van der Waals surface area contributed by atoms with Crippen LogP contribution in [0.2, 0.25) is 5.02 Å². The van der Waals surface area contributed by atoms with Crippen molar-refractivity contribution in [3.05, 3.63) is 80.1 Å². The van der Waals surface area contributed by atoms with Crippen LogP contribution in [0.5, 0.6) is 0 Å². The molecule has 0 saturated carbocycles. The third kappa shape index (κ3) is 5.79. The predicted octanol–water partition coefficient (Wildman–Crippen LogP) is 5.02. The molecule has 4 rings (SSSR count). The molecular weight excluding hydrogens is 516 g/mol. The Morgan fingerprint density at radius 2 is 1.89 bits per heavy atom. The third-order valence-corrected chi connectivity index (χ3v) is 6.06. The van der Waals surface area contributed by atoms with Crippen molar-refractivity contribution in [2.75, 3.05) is 5.32 Å². The number of hydrogen-bond donors (Lipinski definition) is 2. The molecule has 2 N–H and O–H groups in total. The number of alkyl halides is 3. The number of rotatable bonds is 8. The fourth-order valence-corrected chi connectivity index (χ4v) is 4.10. The van der Waals surface area contributed by atoms with Crippen molar-refractivity contribution in [2.45, 2.75) is 44.9 Å². The highest BCUT2D eigenvalue weighted by atomic mass is 35.5. The summed E-state index contributed by atoms with van der Waals surface area (Å²) in [6.45, 7) is 2.05. The van der Waals surface area contributed by atoms with Crippen LogP contribution in [0.15, 0.2) is 52.6 Å². The van der Waals surface area contributed by atoms with Gasteiger partial charge in [0.1, 0.15) is 11.4 Å². The number of benzene rings is 1. The molecule has 13 heteroatoms. The van der Waals surface area contributed by atoms with Gasteiger partial charge in [0.25, 0.3) is 11.1 Å². The quantitative estimate of drug-likeness (QED) is 0.306. The second-order valence-electron chi connectivity index (χ2n) is 8.34. The Morgan fingerprint density at radius 1 is 1.16 bits per heavy atom. The van der Waals surface area contributed by atoms with Crippen LogP contribution in [0.4, 0.5) is 23.2 Å². The SMILES string of the molecule is CC[C@@H](CCCn1ccc2cc(-c3ncc(Cl)cn3)c(F)cc2c1=O)Nc1cn[nH]c(=O)c1C(F)(F)F. The van der Waals surface area contributed by atoms with E-state index in [1.165, 1.54) is 23.0 Å². The Balaban J connectivity index is 1.49. The molecule has 3 heterocycles. The van der Waals surface area contributed by atoms with Crippen molar-refractivity contribution in [2.24, 2.45) is 0 Å². The minimum atomic E-state index is -4.84. The maximum atomic E-state index is 14.8. The number of pyridine rings is 1. The first-order valence-electron chi connectivity index (χ1n) is 11.3. The first kappa shape index (κ1) is 26.3. The fourth-order valence-electron chi connectivity index (χ4n) is 4.00. The lowest BCUT2D eigenvalue weighted by atomic mass is 10.1. The number of anilines is 1. The van der Waals surface area contributed by atoms with Crippen molar-refractivity contribution in [1.29, 1.82) is 0 Å². The molecule has 0 fully saturated rings. The molecule has 0 saturated heterocycles. The Bertz CT molecular complexity index is 1540. The van der Waals surface area contributed by atoms with Gasteiger partial charge in [-0.1, -0.05) is 18.5 Å². The molecule has 0 aliphatic carbocycles. The molecule has 0 aliphatic heterocycles. The molecular formula is C24H21ClF4N6O2. The topological polar surface area (TPSA) is 106 Å². The summed E-state index contributed by atoms with van der Waals surface area (Å²) >= 11 is 5.79. The number of aromatic nitrogens is 5. The molecule has 0 aliphatic rings. The highest BCUT2D eigenvalue weighted by Gasteiger charge is 2.37. The molecule has 37 heavy (non-hydrogen) atoms. The van der Waals surface area contributed by atoms with Crippen LogP contribution in [0.3, 0.4) is 0 Å². The minimum Gasteiger partial charge on any atom is -0.380 e. The number of halogens is 5. The maximum absolute atomic E-state index is 14.8. The lowest BCUT2D eigenvalue weighted by Crippen LogP contribution is -2.28. The Labute approximate surface area is 212 Å². The minimum absolute atomic E-state index is 0.130. The van der Waals surface area contributed by atoms with Crippen molar-refractivity contribution < 1.29 is 17.6 Å². The van der Waals surface area contributed by atoms with Crippen molar-refractivity contribution in [1.82, 2.24) is 24.7 Å². The van der Waals surface area contributed by atoms with Gasteiger partial charge in [-0.3, -0.25) is 9.59 Å². The number of fused-ring (bicyclic) bond motifs is 1. The van der Waals surface area contributed by atoms with Crippen molar-refractivity contribution in [3.8, 4) is 11.4 Å². The molecule has 1 aromatic carbocycles. The summed E-state index contributed by atoms with van der Waals surface area (Å²) in [5.74, 6) is -0.526. The second-order valence-corrected chi connectivity index (χ2v) is 8.77. The average molecular weight is 537 g/mol. The monoisotopic (exact) mass is 536 g/mol. The van der Waals surface area contributed by atoms with E-state index < -0.39 is 40.4 Å². The zero-order chi connectivity index (χ0) is 26.7. The molecule has 0 radical (unpaired) electrons. The van der Waals surface area contributed by atoms with Crippen LogP contribution in [-0.4, -0.2) is 30.8 Å². The zero-order valence-electron chi connectivity index (χ0n) is 19.4. The van der Waals surface area contributed by atoms with Crippen molar-refractivity contribution in [3.63, 3.8) is 0 Å². The van der Waals surface area contributed by atoms with Gasteiger partial charge in [-0.2, -0.15) is 18.3 Å². The summed E-state index contributed by atoms with van der Waals surface area (Å²) in [6, 6.07) is 3.89. The zero-order valence-corrected chi connectivity index (χ0v) is 20.2. The van der Waals surface area contributed by atoms with Gasteiger partial charge in [0.15, 0.2) is 5.82 Å². The van der Waals surface area contributed by atoms with Gasteiger partial charge in [0.05, 0.1) is 27.9 Å². The normalized spacial score (nSPS) is 12.6. The summed E-state index contributed by atoms with van der Waals surface area (Å²) in [5, 5.41) is 9.00. The molecule has 8 nitrogen and oxygen atoms in total. The second kappa shape index (κ2) is 10.7. The first-order chi connectivity index (χ1) is 17.6. The third-order valence-electron chi connectivity index (χ3n) is 5.87. The van der Waals surface area contributed by atoms with E-state index in [9.17, 15) is 27.2 Å². The molecule has 0 amide bonds. The predicted molar refractivity (Wildman–Crippen MR) is 131 cm³/mol. The van der Waals surface area contributed by atoms with Gasteiger partial charge < -0.3 is 9.88 Å². The van der Waals surface area contributed by atoms with Crippen molar-refractivity contribution >= 4 is 28.1 Å². The van der Waals surface area contributed by atoms with E-state index in [1.54, 1.807) is 24.3 Å². The van der Waals surface area contributed by atoms with Crippen LogP contribution >= 0.6 is 11.6 Å². The number of nitrogens with one attached hydrogen (secondary N) is 2. The standard InChI is InChI=1S/C24H21ClF4N6O2/c1-2-15(33-19-12-32-34-22(36)20(19)24(27,28)29)4-3-6-35-7-5-13-8-17(18(26)9-16(13)23(35)37)21-30-10-14(25)11-31-21/h5,7-12,15H,2-4,6H2,1H3,(H2,33,34,36)/t15-/m0/s1. The average Bonchev–Trinajstić information content (AvgIpc) is 2.84. The summed E-state index contributed by atoms with van der Waals surface area (Å²) in [4.78, 5) is 32.7. The van der Waals surface area contributed by atoms with E-state index in [4.69, 9.17) is 11.6 Å². The lowest BCUT2D eigenvalue weighted by molar-refractivity contribution is -0.138. The van der Waals surface area contributed by atoms with Gasteiger partial charge in [-0.25, -0.2) is 19.5 Å². The van der Waals surface area contributed by atoms with Crippen LogP contribution in [0.25, 0.3) is 22.2 Å². The van der Waals surface area contributed by atoms with Crippen LogP contribution in [-0.2, 0) is 12.7 Å². The van der Waals surface area contributed by atoms with E-state index >= 15 is 0 Å². The molecule has 3 aromatic heterocycles. The lowest BCUT2D eigenvalue weighted by Gasteiger charge is -2.20. The Kier molecular flexibility index (Phi) is 7.58. The van der Waals surface area contributed by atoms with Crippen LogP contribution in [0, 0.1) is 5.82 Å². The molecule has 0 bridgehead atoms. The van der Waals surface area contributed by atoms with Crippen LogP contribution in [0.1, 0.15) is 31.7 Å². The molecule has 0 spiro atoms. The van der Waals surface area contributed by atoms with Gasteiger partial charge in [-0.15, -0.1) is 0 Å². The van der Waals surface area contributed by atoms with Crippen LogP contribution < -0.4 is 16.4 Å². The van der Waals surface area contributed by atoms with E-state index in [2.05, 4.69) is 20.4 Å². The summed E-state index contributed by atoms with van der Waals surface area (Å²) in [7, 11) is 0. The number of aromatic amines is 1. The van der Waals surface area contributed by atoms with Gasteiger partial charge in [-0.05, 0) is 42.8 Å². The van der Waals surface area contributed by atoms with Gasteiger partial charge >= 0.3 is 6.18 Å². The largest absolute Gasteiger partial charge is 0.423 e. The Morgan fingerprint density at radius 3 is 2.57 bits per heavy atom. The molecule has 1 atom stereocenters. The highest BCUT2D eigenvalue weighted by Crippen LogP contribution is 2.32. The first-order valence-corrected chi connectivity index (χ1v) is 11.7. The molecule has 194 valence electrons. The maximum Gasteiger partial charge on any atom is 0.423 e. The fraction of sp³-hybridized carbons (Fsp3) is 0.292. The van der Waals surface area contributed by atoms with E-state index in [1.807, 2.05) is 0 Å². The van der Waals surface area contributed by atoms with E-state index in [0.717, 1.165) is 12.3 Å². The van der Waals surface area contributed by atoms with E-state index in [0.29, 0.717) is 29.7 Å².